The van der Waals surface area contributed by atoms with Gasteiger partial charge >= 0.3 is 17.1 Å². The molecule has 0 atom stereocenters. The van der Waals surface area contributed by atoms with E-state index in [4.69, 9.17) is 0 Å². The Kier molecular flexibility index (Phi) is 12.3. The van der Waals surface area contributed by atoms with E-state index in [0.717, 1.165) is 0 Å². The van der Waals surface area contributed by atoms with E-state index in [0.29, 0.717) is 10.3 Å². The normalized spacial score (nSPS) is 17.5. The van der Waals surface area contributed by atoms with E-state index >= 15 is 0 Å². The minimum Gasteiger partial charge on any atom is -0.0950 e. The second kappa shape index (κ2) is 13.9. The van der Waals surface area contributed by atoms with E-state index in [1.54, 1.807) is 5.92 Å². The quantitative estimate of drug-likeness (QED) is 0.273. The van der Waals surface area contributed by atoms with Crippen LogP contribution < -0.4 is 10.6 Å². The molecule has 34 heavy (non-hydrogen) atoms. The van der Waals surface area contributed by atoms with Crippen LogP contribution in [0.1, 0.15) is 41.5 Å². The van der Waals surface area contributed by atoms with Crippen LogP contribution in [0.4, 0.5) is 0 Å². The Hall–Kier alpha value is -0.181. The fourth-order valence-electron chi connectivity index (χ4n) is 4.35. The van der Waals surface area contributed by atoms with Gasteiger partial charge in [-0.25, -0.2) is 0 Å². The number of rotatable bonds is 5. The van der Waals surface area contributed by atoms with E-state index in [1.807, 2.05) is 32.1 Å². The Bertz CT molecular complexity index is 742. The monoisotopic (exact) mass is 528 g/mol. The Balaban J connectivity index is 0.000000603. The molecule has 10 radical (unpaired) electrons. The van der Waals surface area contributed by atoms with Gasteiger partial charge in [-0.3, -0.25) is 0 Å². The minimum atomic E-state index is -0.522. The van der Waals surface area contributed by atoms with Gasteiger partial charge in [-0.2, -0.15) is 0 Å². The van der Waals surface area contributed by atoms with Crippen LogP contribution in [-0.2, 0) is 17.1 Å². The van der Waals surface area contributed by atoms with Crippen molar-refractivity contribution in [2.75, 3.05) is 6.16 Å². The third kappa shape index (κ3) is 8.74. The first-order valence-corrected chi connectivity index (χ1v) is 14.6. The molecule has 0 aromatic heterocycles. The number of benzene rings is 2. The summed E-state index contributed by atoms with van der Waals surface area (Å²) in [6.45, 7) is 14.5. The average molecular weight is 528 g/mol. The molecule has 2 saturated carbocycles. The fourth-order valence-corrected chi connectivity index (χ4v) is 10.5. The van der Waals surface area contributed by atoms with Crippen molar-refractivity contribution in [3.05, 3.63) is 124 Å². The summed E-state index contributed by atoms with van der Waals surface area (Å²) in [5.41, 5.74) is 1.54. The molecule has 2 aromatic rings. The van der Waals surface area contributed by atoms with Crippen molar-refractivity contribution in [3.8, 4) is 0 Å². The smallest absolute Gasteiger partial charge is 0.0950 e. The zero-order valence-corrected chi connectivity index (χ0v) is 24.2. The predicted molar refractivity (Wildman–Crippen MR) is 151 cm³/mol. The van der Waals surface area contributed by atoms with E-state index < -0.39 is 7.92 Å². The zero-order chi connectivity index (χ0) is 23.9. The summed E-state index contributed by atoms with van der Waals surface area (Å²) in [7, 11) is -0.683. The molecule has 0 amide bonds. The van der Waals surface area contributed by atoms with Gasteiger partial charge in [-0.1, -0.05) is 110 Å². The molecule has 0 bridgehead atoms. The summed E-state index contributed by atoms with van der Waals surface area (Å²) >= 11 is 0. The molecule has 0 saturated heterocycles. The van der Waals surface area contributed by atoms with E-state index in [-0.39, 0.29) is 25.0 Å². The third-order valence-corrected chi connectivity index (χ3v) is 12.1. The van der Waals surface area contributed by atoms with Crippen molar-refractivity contribution in [1.82, 2.24) is 0 Å². The van der Waals surface area contributed by atoms with Gasteiger partial charge in [0.25, 0.3) is 0 Å². The van der Waals surface area contributed by atoms with Crippen LogP contribution >= 0.6 is 15.8 Å². The van der Waals surface area contributed by atoms with Crippen molar-refractivity contribution >= 4 is 26.5 Å². The molecule has 2 fully saturated rings. The molecule has 2 aliphatic rings. The Labute approximate surface area is 224 Å². The molecule has 0 spiro atoms. The van der Waals surface area contributed by atoms with Gasteiger partial charge in [0.15, 0.2) is 0 Å². The van der Waals surface area contributed by atoms with Gasteiger partial charge in [-0.05, 0) is 92.3 Å². The van der Waals surface area contributed by atoms with E-state index in [2.05, 4.69) is 121 Å². The first kappa shape index (κ1) is 30.0. The summed E-state index contributed by atoms with van der Waals surface area (Å²) in [5.74, 6) is 1.55. The van der Waals surface area contributed by atoms with Crippen molar-refractivity contribution in [2.45, 2.75) is 51.9 Å². The molecule has 2 aliphatic carbocycles. The summed E-state index contributed by atoms with van der Waals surface area (Å²) in [6, 6.07) is 22.1. The number of hydrogen-bond acceptors (Lipinski definition) is 0. The van der Waals surface area contributed by atoms with Crippen LogP contribution in [0, 0.1) is 62.9 Å². The van der Waals surface area contributed by atoms with Crippen LogP contribution in [0.3, 0.4) is 0 Å². The van der Waals surface area contributed by atoms with Crippen LogP contribution in [0.15, 0.2) is 60.7 Å². The van der Waals surface area contributed by atoms with Crippen molar-refractivity contribution in [2.24, 2.45) is 0 Å². The summed E-state index contributed by atoms with van der Waals surface area (Å²) in [5, 5.41) is 3.55. The topological polar surface area (TPSA) is 0 Å². The molecular formula is C31H38FeP2+2. The maximum atomic E-state index is 2.42. The van der Waals surface area contributed by atoms with Gasteiger partial charge in [0.1, 0.15) is 0 Å². The maximum Gasteiger partial charge on any atom is 2.00 e. The molecule has 0 heterocycles. The Morgan fingerprint density at radius 3 is 1.35 bits per heavy atom. The van der Waals surface area contributed by atoms with Crippen molar-refractivity contribution in [1.29, 1.82) is 0 Å². The van der Waals surface area contributed by atoms with Gasteiger partial charge in [0.2, 0.25) is 0 Å². The van der Waals surface area contributed by atoms with Gasteiger partial charge < -0.3 is 0 Å². The van der Waals surface area contributed by atoms with E-state index in [9.17, 15) is 0 Å². The summed E-state index contributed by atoms with van der Waals surface area (Å²) in [6.07, 6.45) is 18.2. The van der Waals surface area contributed by atoms with Gasteiger partial charge in [-0.15, -0.1) is 0 Å². The Morgan fingerprint density at radius 1 is 0.559 bits per heavy atom. The summed E-state index contributed by atoms with van der Waals surface area (Å²) in [4.78, 5) is 0. The SMILES string of the molecule is CC(C)(C)P(C[C]1[CH][CH][CH][C]1P(c1ccccc1)c1ccccc1)C(C)(C)C.[CH]1[CH][CH][CH][CH]1.[Fe+2]. The van der Waals surface area contributed by atoms with Gasteiger partial charge in [0.05, 0.1) is 0 Å². The predicted octanol–water partition coefficient (Wildman–Crippen LogP) is 7.95. The van der Waals surface area contributed by atoms with Gasteiger partial charge in [0, 0.05) is 5.66 Å². The molecule has 178 valence electrons. The zero-order valence-electron chi connectivity index (χ0n) is 21.3. The first-order valence-electron chi connectivity index (χ1n) is 11.8. The van der Waals surface area contributed by atoms with Crippen LogP contribution in [0.5, 0.6) is 0 Å². The van der Waals surface area contributed by atoms with E-state index in [1.165, 1.54) is 22.4 Å². The third-order valence-electron chi connectivity index (χ3n) is 5.65. The molecule has 3 heteroatoms. The largest absolute Gasteiger partial charge is 2.00 e. The maximum absolute atomic E-state index is 2.42. The molecular weight excluding hydrogens is 490 g/mol. The molecule has 0 nitrogen and oxygen atoms in total. The molecule has 4 rings (SSSR count). The molecule has 0 N–H and O–H groups in total. The van der Waals surface area contributed by atoms with Crippen LogP contribution in [0.2, 0.25) is 0 Å². The van der Waals surface area contributed by atoms with Crippen molar-refractivity contribution in [3.63, 3.8) is 0 Å². The first-order chi connectivity index (χ1) is 15.7. The second-order valence-electron chi connectivity index (χ2n) is 10.3. The van der Waals surface area contributed by atoms with Crippen molar-refractivity contribution < 1.29 is 17.1 Å². The Morgan fingerprint density at radius 2 is 0.971 bits per heavy atom. The number of hydrogen-bond donors (Lipinski definition) is 0. The molecule has 0 unspecified atom stereocenters. The van der Waals surface area contributed by atoms with Crippen LogP contribution in [-0.4, -0.2) is 16.5 Å². The summed E-state index contributed by atoms with van der Waals surface area (Å²) < 4.78 is 0. The molecule has 2 aromatic carbocycles. The molecule has 0 aliphatic heterocycles. The standard InChI is InChI=1S/C26H33P2.C5H5.Fe/c1-25(2,3)27(26(4,5)6)20-21-14-13-19-24(21)28(22-15-9-7-10-16-22)23-17-11-8-12-18-23;1-2-4-5-3-1;/h7-19H,20H2,1-6H3;1-5H;/q;;+2. The van der Waals surface area contributed by atoms with Crippen LogP contribution in [0.25, 0.3) is 0 Å². The second-order valence-corrected chi connectivity index (χ2v) is 16.4. The minimum absolute atomic E-state index is 0. The fraction of sp³-hybridized carbons (Fsp3) is 0.290. The average Bonchev–Trinajstić information content (AvgIpc) is 3.48.